The Balaban J connectivity index is 1.57. The zero-order valence-electron chi connectivity index (χ0n) is 12.9. The highest BCUT2D eigenvalue weighted by molar-refractivity contribution is 5.91. The highest BCUT2D eigenvalue weighted by Crippen LogP contribution is 2.52. The van der Waals surface area contributed by atoms with Gasteiger partial charge in [-0.25, -0.2) is 0 Å². The van der Waals surface area contributed by atoms with Gasteiger partial charge in [0.05, 0.1) is 38.0 Å². The molecule has 4 rings (SSSR count). The monoisotopic (exact) mass is 317 g/mol. The SMILES string of the molecule is CCCOC(=O)[C@H]1[C@H]2C=C[C@@]3(CN(Cc4ccco4)C(=O)[C@@H]13)O2. The first kappa shape index (κ1) is 14.5. The van der Waals surface area contributed by atoms with Crippen molar-refractivity contribution in [3.05, 3.63) is 36.3 Å². The molecule has 4 heterocycles. The van der Waals surface area contributed by atoms with E-state index in [0.29, 0.717) is 19.7 Å². The molecule has 1 aromatic heterocycles. The molecule has 0 N–H and O–H groups in total. The second-order valence-electron chi connectivity index (χ2n) is 6.34. The second-order valence-corrected chi connectivity index (χ2v) is 6.34. The first-order valence-corrected chi connectivity index (χ1v) is 7.99. The molecule has 6 nitrogen and oxygen atoms in total. The molecule has 2 bridgehead atoms. The molecular formula is C17H19NO5. The normalized spacial score (nSPS) is 34.2. The summed E-state index contributed by atoms with van der Waals surface area (Å²) >= 11 is 0. The van der Waals surface area contributed by atoms with Crippen LogP contribution in [0.1, 0.15) is 19.1 Å². The highest BCUT2D eigenvalue weighted by Gasteiger charge is 2.67. The number of esters is 1. The maximum absolute atomic E-state index is 12.8. The van der Waals surface area contributed by atoms with E-state index in [1.54, 1.807) is 17.2 Å². The molecule has 6 heteroatoms. The average molecular weight is 317 g/mol. The number of fused-ring (bicyclic) bond motifs is 1. The lowest BCUT2D eigenvalue weighted by molar-refractivity contribution is -0.153. The number of carbonyl (C=O) groups excluding carboxylic acids is 2. The van der Waals surface area contributed by atoms with Gasteiger partial charge in [-0.05, 0) is 18.6 Å². The molecule has 1 aromatic rings. The van der Waals surface area contributed by atoms with Crippen molar-refractivity contribution in [1.82, 2.24) is 4.90 Å². The Hall–Kier alpha value is -2.08. The molecule has 0 unspecified atom stereocenters. The van der Waals surface area contributed by atoms with Crippen LogP contribution < -0.4 is 0 Å². The maximum Gasteiger partial charge on any atom is 0.312 e. The Labute approximate surface area is 134 Å². The number of hydrogen-bond donors (Lipinski definition) is 0. The highest BCUT2D eigenvalue weighted by atomic mass is 16.6. The molecule has 0 saturated carbocycles. The zero-order valence-corrected chi connectivity index (χ0v) is 12.9. The van der Waals surface area contributed by atoms with Crippen molar-refractivity contribution < 1.29 is 23.5 Å². The molecule has 0 aromatic carbocycles. The van der Waals surface area contributed by atoms with Gasteiger partial charge >= 0.3 is 5.97 Å². The van der Waals surface area contributed by atoms with Crippen LogP contribution in [0.4, 0.5) is 0 Å². The van der Waals surface area contributed by atoms with Crippen LogP contribution in [0, 0.1) is 11.8 Å². The van der Waals surface area contributed by atoms with Gasteiger partial charge in [0.2, 0.25) is 5.91 Å². The summed E-state index contributed by atoms with van der Waals surface area (Å²) in [7, 11) is 0. The predicted octanol–water partition coefficient (Wildman–Crippen LogP) is 1.51. The second kappa shape index (κ2) is 5.23. The van der Waals surface area contributed by atoms with Crippen molar-refractivity contribution in [2.75, 3.05) is 13.2 Å². The fourth-order valence-electron chi connectivity index (χ4n) is 3.87. The van der Waals surface area contributed by atoms with Gasteiger partial charge in [0.15, 0.2) is 0 Å². The number of nitrogens with zero attached hydrogens (tertiary/aromatic N) is 1. The van der Waals surface area contributed by atoms with E-state index in [0.717, 1.165) is 12.2 Å². The molecule has 2 fully saturated rings. The lowest BCUT2D eigenvalue weighted by Gasteiger charge is -2.22. The van der Waals surface area contributed by atoms with E-state index < -0.39 is 17.4 Å². The van der Waals surface area contributed by atoms with Gasteiger partial charge in [-0.3, -0.25) is 9.59 Å². The molecule has 3 aliphatic rings. The lowest BCUT2D eigenvalue weighted by atomic mass is 9.77. The van der Waals surface area contributed by atoms with Crippen LogP contribution in [0.2, 0.25) is 0 Å². The molecule has 122 valence electrons. The number of hydrogen-bond acceptors (Lipinski definition) is 5. The zero-order chi connectivity index (χ0) is 16.0. The van der Waals surface area contributed by atoms with Crippen molar-refractivity contribution in [2.45, 2.75) is 31.6 Å². The third-order valence-electron chi connectivity index (χ3n) is 4.83. The first-order chi connectivity index (χ1) is 11.1. The van der Waals surface area contributed by atoms with Gasteiger partial charge in [-0.15, -0.1) is 0 Å². The van der Waals surface area contributed by atoms with E-state index in [1.807, 2.05) is 25.1 Å². The standard InChI is InChI=1S/C17H19NO5/c1-2-7-22-16(20)13-12-5-6-17(23-12)10-18(15(19)14(13)17)9-11-4-3-8-21-11/h3-6,8,12-14H,2,7,9-10H2,1H3/t12-,13+,14-,17+/m1/s1. The van der Waals surface area contributed by atoms with Crippen molar-refractivity contribution in [1.29, 1.82) is 0 Å². The van der Waals surface area contributed by atoms with Gasteiger partial charge in [0.1, 0.15) is 17.3 Å². The van der Waals surface area contributed by atoms with Crippen LogP contribution in [-0.2, 0) is 25.6 Å². The Morgan fingerprint density at radius 3 is 3.13 bits per heavy atom. The Kier molecular flexibility index (Phi) is 3.30. The van der Waals surface area contributed by atoms with Crippen molar-refractivity contribution in [3.63, 3.8) is 0 Å². The topological polar surface area (TPSA) is 69.0 Å². The molecule has 2 saturated heterocycles. The average Bonchev–Trinajstić information content (AvgIpc) is 3.28. The van der Waals surface area contributed by atoms with Gasteiger partial charge < -0.3 is 18.8 Å². The van der Waals surface area contributed by atoms with Crippen LogP contribution in [0.3, 0.4) is 0 Å². The van der Waals surface area contributed by atoms with E-state index in [1.165, 1.54) is 0 Å². The third kappa shape index (κ3) is 2.12. The van der Waals surface area contributed by atoms with Crippen molar-refractivity contribution in [3.8, 4) is 0 Å². The lowest BCUT2D eigenvalue weighted by Crippen LogP contribution is -2.40. The summed E-state index contributed by atoms with van der Waals surface area (Å²) in [6.07, 6.45) is 5.82. The molecule has 1 spiro atoms. The van der Waals surface area contributed by atoms with Crippen LogP contribution in [0.5, 0.6) is 0 Å². The summed E-state index contributed by atoms with van der Waals surface area (Å²) in [6, 6.07) is 3.63. The van der Waals surface area contributed by atoms with Gasteiger partial charge in [-0.1, -0.05) is 19.1 Å². The quantitative estimate of drug-likeness (QED) is 0.608. The Bertz CT molecular complexity index is 652. The molecule has 0 aliphatic carbocycles. The Morgan fingerprint density at radius 2 is 2.39 bits per heavy atom. The van der Waals surface area contributed by atoms with E-state index in [2.05, 4.69) is 0 Å². The van der Waals surface area contributed by atoms with Crippen LogP contribution in [0.25, 0.3) is 0 Å². The third-order valence-corrected chi connectivity index (χ3v) is 4.83. The van der Waals surface area contributed by atoms with Gasteiger partial charge in [-0.2, -0.15) is 0 Å². The minimum atomic E-state index is -0.690. The van der Waals surface area contributed by atoms with E-state index in [-0.39, 0.29) is 18.0 Å². The number of furan rings is 1. The molecular weight excluding hydrogens is 298 g/mol. The van der Waals surface area contributed by atoms with Crippen molar-refractivity contribution in [2.24, 2.45) is 11.8 Å². The van der Waals surface area contributed by atoms with Gasteiger partial charge in [0.25, 0.3) is 0 Å². The van der Waals surface area contributed by atoms with E-state index >= 15 is 0 Å². The Morgan fingerprint density at radius 1 is 1.52 bits per heavy atom. The summed E-state index contributed by atoms with van der Waals surface area (Å²) in [5.74, 6) is -0.705. The summed E-state index contributed by atoms with van der Waals surface area (Å²) < 4.78 is 16.6. The van der Waals surface area contributed by atoms with Gasteiger partial charge in [0, 0.05) is 0 Å². The van der Waals surface area contributed by atoms with Crippen LogP contribution in [-0.4, -0.2) is 41.6 Å². The van der Waals surface area contributed by atoms with Crippen LogP contribution >= 0.6 is 0 Å². The minimum absolute atomic E-state index is 0.0632. The molecule has 3 aliphatic heterocycles. The number of ether oxygens (including phenoxy) is 2. The van der Waals surface area contributed by atoms with Crippen LogP contribution in [0.15, 0.2) is 35.0 Å². The summed E-state index contributed by atoms with van der Waals surface area (Å²) in [5, 5.41) is 0. The minimum Gasteiger partial charge on any atom is -0.467 e. The predicted molar refractivity (Wildman–Crippen MR) is 79.1 cm³/mol. The fourth-order valence-corrected chi connectivity index (χ4v) is 3.87. The number of carbonyl (C=O) groups is 2. The largest absolute Gasteiger partial charge is 0.467 e. The molecule has 1 amide bonds. The number of likely N-dealkylation sites (tertiary alicyclic amines) is 1. The molecule has 23 heavy (non-hydrogen) atoms. The van der Waals surface area contributed by atoms with E-state index in [9.17, 15) is 9.59 Å². The van der Waals surface area contributed by atoms with Crippen molar-refractivity contribution >= 4 is 11.9 Å². The number of amides is 1. The summed E-state index contributed by atoms with van der Waals surface area (Å²) in [5.41, 5.74) is -0.690. The number of rotatable bonds is 5. The smallest absolute Gasteiger partial charge is 0.312 e. The molecule has 4 atom stereocenters. The summed E-state index contributed by atoms with van der Waals surface area (Å²) in [4.78, 5) is 26.9. The molecule has 0 radical (unpaired) electrons. The maximum atomic E-state index is 12.8. The van der Waals surface area contributed by atoms with E-state index in [4.69, 9.17) is 13.9 Å². The fraction of sp³-hybridized carbons (Fsp3) is 0.529. The summed E-state index contributed by atoms with van der Waals surface area (Å²) in [6.45, 7) is 3.15. The first-order valence-electron chi connectivity index (χ1n) is 7.99.